The molecule has 1 unspecified atom stereocenters. The quantitative estimate of drug-likeness (QED) is 0.701. The molecule has 3 fully saturated rings. The van der Waals surface area contributed by atoms with Crippen LogP contribution < -0.4 is 0 Å². The van der Waals surface area contributed by atoms with Crippen LogP contribution in [0.3, 0.4) is 0 Å². The fraction of sp³-hybridized carbons (Fsp3) is 0.609. The van der Waals surface area contributed by atoms with E-state index in [4.69, 9.17) is 0 Å². The highest BCUT2D eigenvalue weighted by atomic mass is 32.2. The van der Waals surface area contributed by atoms with Crippen LogP contribution in [0.5, 0.6) is 0 Å². The maximum atomic E-state index is 13.3. The molecule has 1 aromatic carbocycles. The second-order valence-corrected chi connectivity index (χ2v) is 11.7. The first kappa shape index (κ1) is 22.3. The molecule has 1 N–H and O–H groups in total. The zero-order valence-corrected chi connectivity index (χ0v) is 19.6. The Morgan fingerprint density at radius 1 is 1.03 bits per heavy atom. The van der Waals surface area contributed by atoms with Crippen LogP contribution in [0.15, 0.2) is 24.3 Å². The van der Waals surface area contributed by atoms with Gasteiger partial charge in [-0.3, -0.25) is 19.6 Å². The Balaban J connectivity index is 1.21. The summed E-state index contributed by atoms with van der Waals surface area (Å²) >= 11 is 0. The number of hydrogen-bond acceptors (Lipinski definition) is 6. The second kappa shape index (κ2) is 9.06. The van der Waals surface area contributed by atoms with Crippen LogP contribution in [0, 0.1) is 0 Å². The average Bonchev–Trinajstić information content (AvgIpc) is 3.54. The van der Waals surface area contributed by atoms with Gasteiger partial charge in [0.2, 0.25) is 5.91 Å². The number of hydrogen-bond donors (Lipinski definition) is 1. The standard InChI is InChI=1S/C23H31N5O4S/c29-21(28(17-5-1-2-6-17)18-9-14-33(31,32)16-18)15-26-10-12-27(13-11-26)23(30)22-19-7-3-4-8-20(19)24-25-22/h3-4,7-8,17-18H,1-2,5-6,9-16H2,(H,24,25). The number of para-hydroxylation sites is 1. The molecule has 178 valence electrons. The van der Waals surface area contributed by atoms with Gasteiger partial charge >= 0.3 is 0 Å². The predicted octanol–water partition coefficient (Wildman–Crippen LogP) is 1.28. The molecule has 0 spiro atoms. The van der Waals surface area contributed by atoms with Gasteiger partial charge in [-0.1, -0.05) is 31.0 Å². The highest BCUT2D eigenvalue weighted by Gasteiger charge is 2.39. The van der Waals surface area contributed by atoms with Crippen molar-refractivity contribution < 1.29 is 18.0 Å². The summed E-state index contributed by atoms with van der Waals surface area (Å²) in [7, 11) is -3.05. The number of rotatable bonds is 5. The first-order valence-corrected chi connectivity index (χ1v) is 13.7. The molecule has 5 rings (SSSR count). The minimum Gasteiger partial charge on any atom is -0.335 e. The van der Waals surface area contributed by atoms with Crippen LogP contribution in [-0.2, 0) is 14.6 Å². The number of piperazine rings is 1. The molecule has 2 amide bonds. The van der Waals surface area contributed by atoms with Crippen molar-refractivity contribution in [2.75, 3.05) is 44.2 Å². The highest BCUT2D eigenvalue weighted by molar-refractivity contribution is 7.91. The smallest absolute Gasteiger partial charge is 0.275 e. The van der Waals surface area contributed by atoms with E-state index in [1.807, 2.05) is 29.2 Å². The van der Waals surface area contributed by atoms with Crippen LogP contribution in [0.4, 0.5) is 0 Å². The molecule has 33 heavy (non-hydrogen) atoms. The van der Waals surface area contributed by atoms with E-state index in [0.717, 1.165) is 36.6 Å². The van der Waals surface area contributed by atoms with Crippen molar-refractivity contribution in [2.45, 2.75) is 44.2 Å². The van der Waals surface area contributed by atoms with Crippen LogP contribution >= 0.6 is 0 Å². The zero-order chi connectivity index (χ0) is 23.0. The predicted molar refractivity (Wildman–Crippen MR) is 125 cm³/mol. The largest absolute Gasteiger partial charge is 0.335 e. The van der Waals surface area contributed by atoms with Crippen molar-refractivity contribution >= 4 is 32.6 Å². The van der Waals surface area contributed by atoms with Gasteiger partial charge in [-0.2, -0.15) is 5.10 Å². The molecule has 1 aromatic heterocycles. The van der Waals surface area contributed by atoms with E-state index in [2.05, 4.69) is 15.1 Å². The Labute approximate surface area is 194 Å². The number of amides is 2. The Kier molecular flexibility index (Phi) is 6.13. The lowest BCUT2D eigenvalue weighted by Crippen LogP contribution is -2.54. The lowest BCUT2D eigenvalue weighted by molar-refractivity contribution is -0.137. The van der Waals surface area contributed by atoms with Gasteiger partial charge in [0.25, 0.3) is 5.91 Å². The number of fused-ring (bicyclic) bond motifs is 1. The van der Waals surface area contributed by atoms with Crippen molar-refractivity contribution in [3.63, 3.8) is 0 Å². The monoisotopic (exact) mass is 473 g/mol. The number of H-pyrrole nitrogens is 1. The van der Waals surface area contributed by atoms with Gasteiger partial charge in [-0.15, -0.1) is 0 Å². The summed E-state index contributed by atoms with van der Waals surface area (Å²) in [5.74, 6) is 0.204. The summed E-state index contributed by atoms with van der Waals surface area (Å²) in [4.78, 5) is 32.1. The number of aromatic amines is 1. The molecular formula is C23H31N5O4S. The SMILES string of the molecule is O=C(c1n[nH]c2ccccc12)N1CCN(CC(=O)N(C2CCCC2)C2CCS(=O)(=O)C2)CC1. The maximum absolute atomic E-state index is 13.3. The summed E-state index contributed by atoms with van der Waals surface area (Å²) < 4.78 is 24.1. The number of carbonyl (C=O) groups excluding carboxylic acids is 2. The first-order chi connectivity index (χ1) is 15.9. The highest BCUT2D eigenvalue weighted by Crippen LogP contribution is 2.29. The Hall–Kier alpha value is -2.46. The lowest BCUT2D eigenvalue weighted by atomic mass is 10.1. The molecule has 9 nitrogen and oxygen atoms in total. The number of nitrogens with zero attached hydrogens (tertiary/aromatic N) is 4. The molecule has 2 saturated heterocycles. The zero-order valence-electron chi connectivity index (χ0n) is 18.8. The molecule has 0 bridgehead atoms. The third kappa shape index (κ3) is 4.63. The topological polar surface area (TPSA) is 107 Å². The maximum Gasteiger partial charge on any atom is 0.275 e. The molecule has 2 aliphatic heterocycles. The van der Waals surface area contributed by atoms with E-state index in [1.54, 1.807) is 4.90 Å². The minimum atomic E-state index is -3.05. The third-order valence-corrected chi connectivity index (χ3v) is 9.05. The number of sulfone groups is 1. The Bertz CT molecular complexity index is 1130. The summed E-state index contributed by atoms with van der Waals surface area (Å²) in [6.07, 6.45) is 4.65. The van der Waals surface area contributed by atoms with Crippen LogP contribution in [0.1, 0.15) is 42.6 Å². The van der Waals surface area contributed by atoms with E-state index in [9.17, 15) is 18.0 Å². The molecule has 3 aliphatic rings. The Morgan fingerprint density at radius 2 is 1.76 bits per heavy atom. The number of benzene rings is 1. The van der Waals surface area contributed by atoms with Gasteiger partial charge in [0, 0.05) is 43.6 Å². The summed E-state index contributed by atoms with van der Waals surface area (Å²) in [5.41, 5.74) is 1.27. The molecule has 1 aliphatic carbocycles. The van der Waals surface area contributed by atoms with Crippen molar-refractivity contribution in [1.29, 1.82) is 0 Å². The number of nitrogens with one attached hydrogen (secondary N) is 1. The van der Waals surface area contributed by atoms with E-state index < -0.39 is 9.84 Å². The van der Waals surface area contributed by atoms with Crippen molar-refractivity contribution in [1.82, 2.24) is 24.9 Å². The minimum absolute atomic E-state index is 0.0297. The van der Waals surface area contributed by atoms with Gasteiger partial charge < -0.3 is 9.80 Å². The van der Waals surface area contributed by atoms with Crippen LogP contribution in [0.25, 0.3) is 10.9 Å². The van der Waals surface area contributed by atoms with E-state index in [1.165, 1.54) is 0 Å². The van der Waals surface area contributed by atoms with Gasteiger partial charge in [0.05, 0.1) is 23.6 Å². The van der Waals surface area contributed by atoms with Gasteiger partial charge in [-0.25, -0.2) is 8.42 Å². The van der Waals surface area contributed by atoms with Crippen molar-refractivity contribution in [3.05, 3.63) is 30.0 Å². The molecule has 10 heteroatoms. The molecule has 2 aromatic rings. The molecule has 3 heterocycles. The van der Waals surface area contributed by atoms with E-state index in [-0.39, 0.29) is 41.9 Å². The van der Waals surface area contributed by atoms with Crippen molar-refractivity contribution in [2.24, 2.45) is 0 Å². The summed E-state index contributed by atoms with van der Waals surface area (Å²) in [6.45, 7) is 2.58. The molecule has 1 atom stereocenters. The van der Waals surface area contributed by atoms with Crippen LogP contribution in [0.2, 0.25) is 0 Å². The molecular weight excluding hydrogens is 442 g/mol. The van der Waals surface area contributed by atoms with E-state index in [0.29, 0.717) is 38.3 Å². The van der Waals surface area contributed by atoms with Crippen molar-refractivity contribution in [3.8, 4) is 0 Å². The molecule has 0 radical (unpaired) electrons. The summed E-state index contributed by atoms with van der Waals surface area (Å²) in [6, 6.07) is 7.55. The number of carbonyl (C=O) groups is 2. The number of aromatic nitrogens is 2. The lowest BCUT2D eigenvalue weighted by Gasteiger charge is -2.38. The molecule has 1 saturated carbocycles. The fourth-order valence-electron chi connectivity index (χ4n) is 5.54. The second-order valence-electron chi connectivity index (χ2n) is 9.48. The normalized spacial score (nSPS) is 23.9. The average molecular weight is 474 g/mol. The summed E-state index contributed by atoms with van der Waals surface area (Å²) in [5, 5.41) is 7.95. The van der Waals surface area contributed by atoms with Gasteiger partial charge in [0.1, 0.15) is 0 Å². The third-order valence-electron chi connectivity index (χ3n) is 7.30. The van der Waals surface area contributed by atoms with Gasteiger partial charge in [-0.05, 0) is 25.3 Å². The fourth-order valence-corrected chi connectivity index (χ4v) is 7.25. The first-order valence-electron chi connectivity index (χ1n) is 11.9. The Morgan fingerprint density at radius 3 is 2.45 bits per heavy atom. The van der Waals surface area contributed by atoms with E-state index >= 15 is 0 Å². The van der Waals surface area contributed by atoms with Crippen LogP contribution in [-0.4, -0.2) is 101 Å². The van der Waals surface area contributed by atoms with Gasteiger partial charge in [0.15, 0.2) is 15.5 Å².